The van der Waals surface area contributed by atoms with E-state index in [2.05, 4.69) is 15.3 Å². The number of ether oxygens (including phenoxy) is 1. The Kier molecular flexibility index (Phi) is 4.53. The molecule has 0 bridgehead atoms. The highest BCUT2D eigenvalue weighted by molar-refractivity contribution is 6.28. The number of nitrogens with zero attached hydrogens (tertiary/aromatic N) is 2. The minimum atomic E-state index is 0.0503. The first-order valence-corrected chi connectivity index (χ1v) is 6.17. The maximum Gasteiger partial charge on any atom is 0.224 e. The van der Waals surface area contributed by atoms with Crippen LogP contribution in [-0.4, -0.2) is 41.4 Å². The lowest BCUT2D eigenvalue weighted by Crippen LogP contribution is -2.14. The summed E-state index contributed by atoms with van der Waals surface area (Å²) in [4.78, 5) is 8.42. The second kappa shape index (κ2) is 6.14. The molecule has 0 atom stereocenters. The third-order valence-corrected chi connectivity index (χ3v) is 2.85. The molecule has 1 aromatic rings. The van der Waals surface area contributed by atoms with Crippen LogP contribution in [0.4, 0.5) is 5.82 Å². The molecule has 0 aliphatic heterocycles. The number of aromatic nitrogens is 2. The van der Waals surface area contributed by atoms with Crippen LogP contribution in [0.2, 0.25) is 5.28 Å². The quantitative estimate of drug-likeness (QED) is 0.589. The number of anilines is 1. The highest BCUT2D eigenvalue weighted by Gasteiger charge is 2.18. The first-order chi connectivity index (χ1) is 8.31. The predicted octanol–water partition coefficient (Wildman–Crippen LogP) is 1.04. The summed E-state index contributed by atoms with van der Waals surface area (Å²) in [5.41, 5.74) is 2.24. The van der Waals surface area contributed by atoms with Crippen LogP contribution < -0.4 is 5.32 Å². The topological polar surface area (TPSA) is 67.3 Å². The van der Waals surface area contributed by atoms with Crippen molar-refractivity contribution in [2.45, 2.75) is 19.3 Å². The standard InChI is InChI=1S/C11H16ClN3O2/c12-11-14-9-3-1-2-8(9)10(15-11)13-4-6-17-7-5-16/h16H,1-7H2,(H,13,14,15). The summed E-state index contributed by atoms with van der Waals surface area (Å²) in [6.45, 7) is 1.61. The minimum absolute atomic E-state index is 0.0503. The van der Waals surface area contributed by atoms with Crippen molar-refractivity contribution in [2.24, 2.45) is 0 Å². The molecule has 0 radical (unpaired) electrons. The van der Waals surface area contributed by atoms with Gasteiger partial charge in [0.15, 0.2) is 0 Å². The fraction of sp³-hybridized carbons (Fsp3) is 0.636. The van der Waals surface area contributed by atoms with E-state index in [1.165, 1.54) is 5.56 Å². The van der Waals surface area contributed by atoms with Crippen LogP contribution in [0.1, 0.15) is 17.7 Å². The van der Waals surface area contributed by atoms with Crippen molar-refractivity contribution in [1.29, 1.82) is 0 Å². The molecule has 5 nitrogen and oxygen atoms in total. The van der Waals surface area contributed by atoms with Gasteiger partial charge in [-0.05, 0) is 30.9 Å². The number of nitrogens with one attached hydrogen (secondary N) is 1. The first kappa shape index (κ1) is 12.5. The summed E-state index contributed by atoms with van der Waals surface area (Å²) in [7, 11) is 0. The lowest BCUT2D eigenvalue weighted by atomic mass is 10.2. The van der Waals surface area contributed by atoms with E-state index in [1.807, 2.05) is 0 Å². The second-order valence-electron chi connectivity index (χ2n) is 3.88. The number of rotatable bonds is 6. The van der Waals surface area contributed by atoms with Crippen molar-refractivity contribution >= 4 is 17.4 Å². The van der Waals surface area contributed by atoms with Gasteiger partial charge in [-0.2, -0.15) is 0 Å². The van der Waals surface area contributed by atoms with E-state index in [9.17, 15) is 0 Å². The van der Waals surface area contributed by atoms with Crippen molar-refractivity contribution < 1.29 is 9.84 Å². The molecule has 2 N–H and O–H groups in total. The minimum Gasteiger partial charge on any atom is -0.394 e. The molecule has 1 aliphatic rings. The van der Waals surface area contributed by atoms with Crippen LogP contribution in [0.5, 0.6) is 0 Å². The van der Waals surface area contributed by atoms with E-state index < -0.39 is 0 Å². The van der Waals surface area contributed by atoms with Crippen molar-refractivity contribution in [1.82, 2.24) is 9.97 Å². The summed E-state index contributed by atoms with van der Waals surface area (Å²) in [5, 5.41) is 12.1. The number of fused-ring (bicyclic) bond motifs is 1. The lowest BCUT2D eigenvalue weighted by molar-refractivity contribution is 0.0992. The smallest absolute Gasteiger partial charge is 0.224 e. The largest absolute Gasteiger partial charge is 0.394 e. The summed E-state index contributed by atoms with van der Waals surface area (Å²) in [5.74, 6) is 0.824. The molecule has 0 fully saturated rings. The Hall–Kier alpha value is -0.910. The van der Waals surface area contributed by atoms with Gasteiger partial charge in [-0.15, -0.1) is 0 Å². The van der Waals surface area contributed by atoms with Crippen molar-refractivity contribution in [3.05, 3.63) is 16.5 Å². The van der Waals surface area contributed by atoms with Gasteiger partial charge in [0.1, 0.15) is 5.82 Å². The molecule has 0 saturated carbocycles. The van der Waals surface area contributed by atoms with E-state index >= 15 is 0 Å². The summed E-state index contributed by atoms with van der Waals surface area (Å²) in [6, 6.07) is 0. The zero-order valence-electron chi connectivity index (χ0n) is 9.58. The zero-order chi connectivity index (χ0) is 12.1. The van der Waals surface area contributed by atoms with E-state index in [0.29, 0.717) is 25.0 Å². The van der Waals surface area contributed by atoms with Gasteiger partial charge in [-0.1, -0.05) is 0 Å². The van der Waals surface area contributed by atoms with Crippen LogP contribution in [0.3, 0.4) is 0 Å². The molecule has 0 aromatic carbocycles. The molecule has 1 aromatic heterocycles. The van der Waals surface area contributed by atoms with Gasteiger partial charge in [0, 0.05) is 12.1 Å². The molecule has 1 heterocycles. The van der Waals surface area contributed by atoms with Crippen molar-refractivity contribution in [3.8, 4) is 0 Å². The van der Waals surface area contributed by atoms with Crippen LogP contribution in [-0.2, 0) is 17.6 Å². The Labute approximate surface area is 105 Å². The maximum absolute atomic E-state index is 8.56. The lowest BCUT2D eigenvalue weighted by Gasteiger charge is -2.10. The fourth-order valence-corrected chi connectivity index (χ4v) is 2.14. The molecule has 2 rings (SSSR count). The monoisotopic (exact) mass is 257 g/mol. The highest BCUT2D eigenvalue weighted by atomic mass is 35.5. The van der Waals surface area contributed by atoms with Gasteiger partial charge in [-0.25, -0.2) is 9.97 Å². The second-order valence-corrected chi connectivity index (χ2v) is 4.22. The molecule has 0 amide bonds. The molecule has 6 heteroatoms. The fourth-order valence-electron chi connectivity index (χ4n) is 1.96. The number of hydrogen-bond acceptors (Lipinski definition) is 5. The normalized spacial score (nSPS) is 13.8. The third kappa shape index (κ3) is 3.28. The van der Waals surface area contributed by atoms with Gasteiger partial charge in [0.25, 0.3) is 0 Å². The summed E-state index contributed by atoms with van der Waals surface area (Å²) < 4.78 is 5.17. The number of aliphatic hydroxyl groups is 1. The van der Waals surface area contributed by atoms with Crippen LogP contribution in [0, 0.1) is 0 Å². The molecular weight excluding hydrogens is 242 g/mol. The molecule has 0 saturated heterocycles. The number of hydrogen-bond donors (Lipinski definition) is 2. The van der Waals surface area contributed by atoms with E-state index in [4.69, 9.17) is 21.4 Å². The van der Waals surface area contributed by atoms with Gasteiger partial charge < -0.3 is 15.2 Å². The third-order valence-electron chi connectivity index (χ3n) is 2.68. The Balaban J connectivity index is 1.92. The van der Waals surface area contributed by atoms with Gasteiger partial charge in [0.05, 0.1) is 25.5 Å². The number of aryl methyl sites for hydroxylation is 1. The number of halogens is 1. The Morgan fingerprint density at radius 3 is 3.00 bits per heavy atom. The Bertz CT molecular complexity index is 387. The maximum atomic E-state index is 8.56. The summed E-state index contributed by atoms with van der Waals surface area (Å²) >= 11 is 5.86. The average Bonchev–Trinajstić information content (AvgIpc) is 2.76. The zero-order valence-corrected chi connectivity index (χ0v) is 10.3. The van der Waals surface area contributed by atoms with Gasteiger partial charge in [0.2, 0.25) is 5.28 Å². The van der Waals surface area contributed by atoms with E-state index in [-0.39, 0.29) is 6.61 Å². The molecule has 17 heavy (non-hydrogen) atoms. The van der Waals surface area contributed by atoms with Crippen molar-refractivity contribution in [2.75, 3.05) is 31.7 Å². The predicted molar refractivity (Wildman–Crippen MR) is 65.5 cm³/mol. The van der Waals surface area contributed by atoms with Crippen LogP contribution in [0.15, 0.2) is 0 Å². The van der Waals surface area contributed by atoms with Gasteiger partial charge in [-0.3, -0.25) is 0 Å². The molecule has 1 aliphatic carbocycles. The molecular formula is C11H16ClN3O2. The van der Waals surface area contributed by atoms with Gasteiger partial charge >= 0.3 is 0 Å². The molecule has 0 unspecified atom stereocenters. The van der Waals surface area contributed by atoms with E-state index in [0.717, 1.165) is 30.8 Å². The van der Waals surface area contributed by atoms with Crippen molar-refractivity contribution in [3.63, 3.8) is 0 Å². The van der Waals surface area contributed by atoms with Crippen LogP contribution in [0.25, 0.3) is 0 Å². The Morgan fingerprint density at radius 2 is 2.18 bits per heavy atom. The van der Waals surface area contributed by atoms with Crippen LogP contribution >= 0.6 is 11.6 Å². The summed E-state index contributed by atoms with van der Waals surface area (Å²) in [6.07, 6.45) is 3.10. The first-order valence-electron chi connectivity index (χ1n) is 5.79. The van der Waals surface area contributed by atoms with E-state index in [1.54, 1.807) is 0 Å². The average molecular weight is 258 g/mol. The number of aliphatic hydroxyl groups excluding tert-OH is 1. The molecule has 94 valence electrons. The SMILES string of the molecule is OCCOCCNc1nc(Cl)nc2c1CCC2. The highest BCUT2D eigenvalue weighted by Crippen LogP contribution is 2.27. The Morgan fingerprint density at radius 1 is 1.29 bits per heavy atom. The molecule has 0 spiro atoms.